The molecule has 0 N–H and O–H groups in total. The molecule has 2 aliphatic rings. The van der Waals surface area contributed by atoms with E-state index in [1.807, 2.05) is 35.2 Å². The van der Waals surface area contributed by atoms with E-state index < -0.39 is 0 Å². The third-order valence-corrected chi connectivity index (χ3v) is 5.88. The van der Waals surface area contributed by atoms with Crippen LogP contribution in [0.15, 0.2) is 36.5 Å². The molecule has 1 saturated carbocycles. The highest BCUT2D eigenvalue weighted by Gasteiger charge is 2.28. The Kier molecular flexibility index (Phi) is 5.37. The van der Waals surface area contributed by atoms with E-state index in [1.165, 1.54) is 32.1 Å². The van der Waals surface area contributed by atoms with Crippen molar-refractivity contribution >= 4 is 16.8 Å². The number of nitrogens with zero attached hydrogens (tertiary/aromatic N) is 2. The van der Waals surface area contributed by atoms with Gasteiger partial charge < -0.3 is 9.64 Å². The van der Waals surface area contributed by atoms with E-state index >= 15 is 0 Å². The minimum Gasteiger partial charge on any atom is -0.486 e. The molecule has 1 aliphatic heterocycles. The number of fused-ring (bicyclic) bond motifs is 1. The molecule has 138 valence electrons. The van der Waals surface area contributed by atoms with Gasteiger partial charge in [-0.15, -0.1) is 0 Å². The van der Waals surface area contributed by atoms with E-state index in [-0.39, 0.29) is 6.10 Å². The van der Waals surface area contributed by atoms with Crippen molar-refractivity contribution < 1.29 is 9.53 Å². The van der Waals surface area contributed by atoms with Crippen molar-refractivity contribution in [1.29, 1.82) is 0 Å². The normalized spacial score (nSPS) is 21.2. The van der Waals surface area contributed by atoms with Crippen molar-refractivity contribution in [3.05, 3.63) is 36.5 Å². The Morgan fingerprint density at radius 2 is 1.96 bits per heavy atom. The molecule has 2 fully saturated rings. The fourth-order valence-corrected chi connectivity index (χ4v) is 4.36. The fourth-order valence-electron chi connectivity index (χ4n) is 4.36. The van der Waals surface area contributed by atoms with Crippen LogP contribution in [0.4, 0.5) is 0 Å². The van der Waals surface area contributed by atoms with Crippen LogP contribution >= 0.6 is 0 Å². The summed E-state index contributed by atoms with van der Waals surface area (Å²) < 4.78 is 6.21. The molecule has 1 aromatic heterocycles. The summed E-state index contributed by atoms with van der Waals surface area (Å²) in [5, 5.41) is 1.09. The van der Waals surface area contributed by atoms with E-state index in [1.54, 1.807) is 6.20 Å². The van der Waals surface area contributed by atoms with Crippen molar-refractivity contribution in [2.24, 2.45) is 5.92 Å². The Morgan fingerprint density at radius 1 is 1.12 bits per heavy atom. The van der Waals surface area contributed by atoms with Crippen LogP contribution in [-0.2, 0) is 4.79 Å². The molecule has 0 bridgehead atoms. The monoisotopic (exact) mass is 352 g/mol. The molecule has 1 aromatic carbocycles. The molecule has 1 aliphatic carbocycles. The van der Waals surface area contributed by atoms with Gasteiger partial charge in [0.25, 0.3) is 0 Å². The highest BCUT2D eigenvalue weighted by molar-refractivity contribution is 5.84. The predicted octanol–water partition coefficient (Wildman–Crippen LogP) is 4.58. The number of amides is 1. The van der Waals surface area contributed by atoms with Gasteiger partial charge in [0.2, 0.25) is 5.91 Å². The lowest BCUT2D eigenvalue weighted by Gasteiger charge is -2.23. The number of carbonyl (C=O) groups excluding carboxylic acids is 1. The highest BCUT2D eigenvalue weighted by Crippen LogP contribution is 2.29. The summed E-state index contributed by atoms with van der Waals surface area (Å²) in [6, 6.07) is 10.0. The van der Waals surface area contributed by atoms with Crippen LogP contribution in [0.5, 0.6) is 5.75 Å². The average Bonchev–Trinajstić information content (AvgIpc) is 3.16. The number of likely N-dealkylation sites (tertiary alicyclic amines) is 1. The van der Waals surface area contributed by atoms with E-state index in [0.717, 1.165) is 42.0 Å². The van der Waals surface area contributed by atoms with Crippen LogP contribution in [0, 0.1) is 5.92 Å². The minimum atomic E-state index is 0.0706. The van der Waals surface area contributed by atoms with Crippen molar-refractivity contribution in [3.8, 4) is 5.75 Å². The number of pyridine rings is 1. The number of hydrogen-bond donors (Lipinski definition) is 0. The Labute approximate surface area is 155 Å². The van der Waals surface area contributed by atoms with Gasteiger partial charge >= 0.3 is 0 Å². The van der Waals surface area contributed by atoms with Crippen molar-refractivity contribution in [3.63, 3.8) is 0 Å². The van der Waals surface area contributed by atoms with Crippen LogP contribution in [0.2, 0.25) is 0 Å². The molecule has 1 saturated heterocycles. The number of benzene rings is 1. The quantitative estimate of drug-likeness (QED) is 0.791. The maximum absolute atomic E-state index is 12.6. The van der Waals surface area contributed by atoms with Gasteiger partial charge in [-0.3, -0.25) is 9.78 Å². The SMILES string of the molecule is O=C(CCC1CCCCC1)N1CCC(Oc2cccc3cccnc23)C1. The summed E-state index contributed by atoms with van der Waals surface area (Å²) in [5.74, 6) is 1.89. The zero-order valence-electron chi connectivity index (χ0n) is 15.4. The first-order valence-corrected chi connectivity index (χ1v) is 10.1. The molecule has 2 aromatic rings. The number of para-hydroxylation sites is 1. The third kappa shape index (κ3) is 4.00. The lowest BCUT2D eigenvalue weighted by atomic mass is 9.86. The van der Waals surface area contributed by atoms with E-state index in [9.17, 15) is 4.79 Å². The number of aromatic nitrogens is 1. The summed E-state index contributed by atoms with van der Waals surface area (Å²) in [4.78, 5) is 19.0. The molecule has 1 unspecified atom stereocenters. The first-order chi connectivity index (χ1) is 12.8. The van der Waals surface area contributed by atoms with Crippen LogP contribution < -0.4 is 4.74 Å². The first kappa shape index (κ1) is 17.3. The van der Waals surface area contributed by atoms with Gasteiger partial charge in [-0.1, -0.05) is 50.3 Å². The van der Waals surface area contributed by atoms with Gasteiger partial charge in [0.1, 0.15) is 17.4 Å². The number of carbonyl (C=O) groups is 1. The molecule has 1 amide bonds. The lowest BCUT2D eigenvalue weighted by Crippen LogP contribution is -2.31. The molecule has 26 heavy (non-hydrogen) atoms. The average molecular weight is 352 g/mol. The van der Waals surface area contributed by atoms with Gasteiger partial charge in [-0.05, 0) is 24.5 Å². The molecule has 4 rings (SSSR count). The summed E-state index contributed by atoms with van der Waals surface area (Å²) in [6.45, 7) is 1.51. The maximum atomic E-state index is 12.6. The van der Waals surface area contributed by atoms with Gasteiger partial charge in [0, 0.05) is 31.0 Å². The summed E-state index contributed by atoms with van der Waals surface area (Å²) >= 11 is 0. The standard InChI is InChI=1S/C22H28N2O2/c25-21(12-11-17-6-2-1-3-7-17)24-15-13-19(16-24)26-20-10-4-8-18-9-5-14-23-22(18)20/h4-5,8-10,14,17,19H,1-3,6-7,11-13,15-16H2. The van der Waals surface area contributed by atoms with Crippen LogP contribution in [-0.4, -0.2) is 35.0 Å². The Bertz CT molecular complexity index is 749. The summed E-state index contributed by atoms with van der Waals surface area (Å²) in [6.07, 6.45) is 11.2. The van der Waals surface area contributed by atoms with E-state index in [4.69, 9.17) is 4.74 Å². The van der Waals surface area contributed by atoms with Crippen LogP contribution in [0.3, 0.4) is 0 Å². The molecule has 0 radical (unpaired) electrons. The molecular weight excluding hydrogens is 324 g/mol. The van der Waals surface area contributed by atoms with Gasteiger partial charge in [-0.2, -0.15) is 0 Å². The van der Waals surface area contributed by atoms with Crippen molar-refractivity contribution in [2.45, 2.75) is 57.5 Å². The lowest BCUT2D eigenvalue weighted by molar-refractivity contribution is -0.130. The number of hydrogen-bond acceptors (Lipinski definition) is 3. The molecule has 4 nitrogen and oxygen atoms in total. The Hall–Kier alpha value is -2.10. The van der Waals surface area contributed by atoms with Crippen LogP contribution in [0.1, 0.15) is 51.4 Å². The molecular formula is C22H28N2O2. The zero-order valence-corrected chi connectivity index (χ0v) is 15.4. The number of ether oxygens (including phenoxy) is 1. The molecule has 1 atom stereocenters. The predicted molar refractivity (Wildman–Crippen MR) is 103 cm³/mol. The maximum Gasteiger partial charge on any atom is 0.222 e. The van der Waals surface area contributed by atoms with E-state index in [2.05, 4.69) is 4.98 Å². The minimum absolute atomic E-state index is 0.0706. The third-order valence-electron chi connectivity index (χ3n) is 5.88. The zero-order chi connectivity index (χ0) is 17.8. The van der Waals surface area contributed by atoms with Gasteiger partial charge in [0.05, 0.1) is 6.54 Å². The number of rotatable bonds is 5. The largest absolute Gasteiger partial charge is 0.486 e. The van der Waals surface area contributed by atoms with Crippen LogP contribution in [0.25, 0.3) is 10.9 Å². The van der Waals surface area contributed by atoms with Crippen molar-refractivity contribution in [2.75, 3.05) is 13.1 Å². The second kappa shape index (κ2) is 8.07. The van der Waals surface area contributed by atoms with E-state index in [0.29, 0.717) is 18.9 Å². The van der Waals surface area contributed by atoms with Gasteiger partial charge in [0.15, 0.2) is 0 Å². The summed E-state index contributed by atoms with van der Waals surface area (Å²) in [7, 11) is 0. The Balaban J connectivity index is 1.31. The molecule has 2 heterocycles. The summed E-state index contributed by atoms with van der Waals surface area (Å²) in [5.41, 5.74) is 0.900. The fraction of sp³-hybridized carbons (Fsp3) is 0.545. The second-order valence-electron chi connectivity index (χ2n) is 7.74. The first-order valence-electron chi connectivity index (χ1n) is 10.1. The second-order valence-corrected chi connectivity index (χ2v) is 7.74. The molecule has 0 spiro atoms. The Morgan fingerprint density at radius 3 is 2.85 bits per heavy atom. The van der Waals surface area contributed by atoms with Gasteiger partial charge in [-0.25, -0.2) is 0 Å². The molecule has 4 heteroatoms. The highest BCUT2D eigenvalue weighted by atomic mass is 16.5. The van der Waals surface area contributed by atoms with Crippen molar-refractivity contribution in [1.82, 2.24) is 9.88 Å². The topological polar surface area (TPSA) is 42.4 Å². The smallest absolute Gasteiger partial charge is 0.222 e.